The number of unbranched alkanes of at least 4 members (excludes halogenated alkanes) is 4. The van der Waals surface area contributed by atoms with Crippen LogP contribution in [0.3, 0.4) is 0 Å². The highest BCUT2D eigenvalue weighted by Gasteiger charge is 2.17. The van der Waals surface area contributed by atoms with Crippen LogP contribution in [0.5, 0.6) is 11.5 Å². The third-order valence-electron chi connectivity index (χ3n) is 7.26. The van der Waals surface area contributed by atoms with Gasteiger partial charge in [-0.3, -0.25) is 40.9 Å². The summed E-state index contributed by atoms with van der Waals surface area (Å²) in [7, 11) is 0. The fourth-order valence-electron chi connectivity index (χ4n) is 4.69. The van der Waals surface area contributed by atoms with Gasteiger partial charge in [-0.05, 0) is 72.5 Å². The summed E-state index contributed by atoms with van der Waals surface area (Å²) in [6, 6.07) is 26.9. The number of ether oxygens (including phenoxy) is 2. The molecule has 4 aromatic carbocycles. The number of amides is 4. The van der Waals surface area contributed by atoms with Crippen molar-refractivity contribution in [3.8, 4) is 11.5 Å². The maximum atomic E-state index is 12.3. The Bertz CT molecular complexity index is 1510. The van der Waals surface area contributed by atoms with Crippen molar-refractivity contribution >= 4 is 45.2 Å². The van der Waals surface area contributed by atoms with E-state index in [1.807, 2.05) is 72.8 Å². The van der Waals surface area contributed by atoms with Gasteiger partial charge < -0.3 is 9.47 Å². The largest absolute Gasteiger partial charge is 0.481 e. The van der Waals surface area contributed by atoms with E-state index >= 15 is 0 Å². The van der Waals surface area contributed by atoms with Crippen LogP contribution in [0.25, 0.3) is 21.5 Å². The SMILES string of the molecule is CC(Oc1ccc2ccccc2c1)C(=O)NNC(=O)CCCCCCCC(=O)NNC(=O)C(C)Oc1ccc2ccccc2c1. The van der Waals surface area contributed by atoms with Crippen molar-refractivity contribution in [2.45, 2.75) is 71.0 Å². The molecule has 10 heteroatoms. The number of carbonyl (C=O) groups is 4. The molecule has 0 heterocycles. The van der Waals surface area contributed by atoms with Gasteiger partial charge in [-0.2, -0.15) is 0 Å². The van der Waals surface area contributed by atoms with E-state index in [1.165, 1.54) is 0 Å². The third kappa shape index (κ3) is 10.5. The van der Waals surface area contributed by atoms with E-state index in [-0.39, 0.29) is 24.7 Å². The lowest BCUT2D eigenvalue weighted by molar-refractivity contribution is -0.132. The van der Waals surface area contributed by atoms with Crippen molar-refractivity contribution in [2.75, 3.05) is 0 Å². The molecular weight excluding hydrogens is 572 g/mol. The molecule has 4 amide bonds. The second kappa shape index (κ2) is 16.7. The van der Waals surface area contributed by atoms with Gasteiger partial charge in [-0.1, -0.05) is 79.9 Å². The van der Waals surface area contributed by atoms with E-state index in [0.29, 0.717) is 24.3 Å². The molecule has 0 aliphatic rings. The molecule has 45 heavy (non-hydrogen) atoms. The molecule has 0 aliphatic heterocycles. The van der Waals surface area contributed by atoms with Crippen molar-refractivity contribution < 1.29 is 28.7 Å². The molecule has 2 unspecified atom stereocenters. The van der Waals surface area contributed by atoms with E-state index < -0.39 is 24.0 Å². The zero-order valence-corrected chi connectivity index (χ0v) is 25.6. The highest BCUT2D eigenvalue weighted by Crippen LogP contribution is 2.22. The lowest BCUT2D eigenvalue weighted by atomic mass is 10.1. The average molecular weight is 613 g/mol. The Morgan fingerprint density at radius 2 is 0.889 bits per heavy atom. The fraction of sp³-hybridized carbons (Fsp3) is 0.314. The monoisotopic (exact) mass is 612 g/mol. The summed E-state index contributed by atoms with van der Waals surface area (Å²) in [5.74, 6) is -0.315. The molecule has 10 nitrogen and oxygen atoms in total. The van der Waals surface area contributed by atoms with E-state index in [1.54, 1.807) is 26.0 Å². The predicted molar refractivity (Wildman–Crippen MR) is 173 cm³/mol. The minimum Gasteiger partial charge on any atom is -0.481 e. The summed E-state index contributed by atoms with van der Waals surface area (Å²) < 4.78 is 11.4. The van der Waals surface area contributed by atoms with Crippen molar-refractivity contribution in [1.82, 2.24) is 21.7 Å². The Labute approximate surface area is 262 Å². The van der Waals surface area contributed by atoms with Gasteiger partial charge in [-0.25, -0.2) is 0 Å². The molecule has 0 aromatic heterocycles. The molecule has 0 saturated carbocycles. The average Bonchev–Trinajstić information content (AvgIpc) is 3.05. The topological polar surface area (TPSA) is 135 Å². The molecule has 0 spiro atoms. The minimum atomic E-state index is -0.788. The summed E-state index contributed by atoms with van der Waals surface area (Å²) in [6.07, 6.45) is 2.75. The Morgan fingerprint density at radius 1 is 0.511 bits per heavy atom. The molecule has 0 saturated heterocycles. The van der Waals surface area contributed by atoms with Gasteiger partial charge in [-0.15, -0.1) is 0 Å². The quantitative estimate of drug-likeness (QED) is 0.113. The van der Waals surface area contributed by atoms with Crippen molar-refractivity contribution in [1.29, 1.82) is 0 Å². The van der Waals surface area contributed by atoms with E-state index in [9.17, 15) is 19.2 Å². The molecule has 4 rings (SSSR count). The van der Waals surface area contributed by atoms with Crippen LogP contribution in [0.15, 0.2) is 84.9 Å². The van der Waals surface area contributed by atoms with Crippen LogP contribution in [0.1, 0.15) is 58.8 Å². The van der Waals surface area contributed by atoms with Crippen LogP contribution in [-0.4, -0.2) is 35.8 Å². The second-order valence-corrected chi connectivity index (χ2v) is 10.9. The maximum Gasteiger partial charge on any atom is 0.279 e. The maximum absolute atomic E-state index is 12.3. The van der Waals surface area contributed by atoms with Crippen LogP contribution >= 0.6 is 0 Å². The first-order valence-corrected chi connectivity index (χ1v) is 15.3. The first-order chi connectivity index (χ1) is 21.8. The number of benzene rings is 4. The van der Waals surface area contributed by atoms with Gasteiger partial charge in [0, 0.05) is 12.8 Å². The van der Waals surface area contributed by atoms with Crippen LogP contribution < -0.4 is 31.2 Å². The van der Waals surface area contributed by atoms with Gasteiger partial charge >= 0.3 is 0 Å². The fourth-order valence-corrected chi connectivity index (χ4v) is 4.69. The number of hydrogen-bond donors (Lipinski definition) is 4. The standard InChI is InChI=1S/C35H40N4O6/c1-24(44-30-20-18-26-12-8-10-14-28(26)22-30)34(42)38-36-32(40)16-6-4-3-5-7-17-33(41)37-39-35(43)25(2)45-31-21-19-27-13-9-11-15-29(27)23-31/h8-15,18-25H,3-7,16-17H2,1-2H3,(H,36,40)(H,37,41)(H,38,42)(H,39,43). The highest BCUT2D eigenvalue weighted by molar-refractivity contribution is 5.87. The molecule has 0 bridgehead atoms. The first kappa shape index (κ1) is 32.8. The Morgan fingerprint density at radius 3 is 1.31 bits per heavy atom. The Hall–Kier alpha value is -5.12. The van der Waals surface area contributed by atoms with E-state index in [4.69, 9.17) is 9.47 Å². The number of hydrazine groups is 2. The van der Waals surface area contributed by atoms with Gasteiger partial charge in [0.05, 0.1) is 0 Å². The lowest BCUT2D eigenvalue weighted by Crippen LogP contribution is -2.47. The van der Waals surface area contributed by atoms with Crippen molar-refractivity contribution in [2.24, 2.45) is 0 Å². The summed E-state index contributed by atoms with van der Waals surface area (Å²) in [5, 5.41) is 4.18. The minimum absolute atomic E-state index is 0.270. The van der Waals surface area contributed by atoms with Crippen LogP contribution in [0.4, 0.5) is 0 Å². The normalized spacial score (nSPS) is 12.1. The zero-order valence-electron chi connectivity index (χ0n) is 25.6. The zero-order chi connectivity index (χ0) is 32.0. The number of nitrogens with one attached hydrogen (secondary N) is 4. The summed E-state index contributed by atoms with van der Waals surface area (Å²) in [4.78, 5) is 48.9. The smallest absolute Gasteiger partial charge is 0.279 e. The van der Waals surface area contributed by atoms with Gasteiger partial charge in [0.1, 0.15) is 11.5 Å². The molecule has 4 N–H and O–H groups in total. The Balaban J connectivity index is 1.00. The Kier molecular flexibility index (Phi) is 12.1. The summed E-state index contributed by atoms with van der Waals surface area (Å²) in [5.41, 5.74) is 9.69. The first-order valence-electron chi connectivity index (χ1n) is 15.3. The number of rotatable bonds is 14. The van der Waals surface area contributed by atoms with E-state index in [2.05, 4.69) is 21.7 Å². The van der Waals surface area contributed by atoms with Crippen LogP contribution in [0, 0.1) is 0 Å². The molecule has 0 aliphatic carbocycles. The van der Waals surface area contributed by atoms with Crippen LogP contribution in [-0.2, 0) is 19.2 Å². The number of hydrogen-bond acceptors (Lipinski definition) is 6. The van der Waals surface area contributed by atoms with Gasteiger partial charge in [0.15, 0.2) is 12.2 Å². The third-order valence-corrected chi connectivity index (χ3v) is 7.26. The molecule has 2 atom stereocenters. The molecule has 236 valence electrons. The predicted octanol–water partition coefficient (Wildman–Crippen LogP) is 5.25. The van der Waals surface area contributed by atoms with Crippen molar-refractivity contribution in [3.05, 3.63) is 84.9 Å². The van der Waals surface area contributed by atoms with Gasteiger partial charge in [0.2, 0.25) is 11.8 Å². The van der Waals surface area contributed by atoms with E-state index in [0.717, 1.165) is 40.8 Å². The second-order valence-electron chi connectivity index (χ2n) is 10.9. The highest BCUT2D eigenvalue weighted by atomic mass is 16.5. The summed E-state index contributed by atoms with van der Waals surface area (Å²) in [6.45, 7) is 3.24. The van der Waals surface area contributed by atoms with Crippen molar-refractivity contribution in [3.63, 3.8) is 0 Å². The van der Waals surface area contributed by atoms with Gasteiger partial charge in [0.25, 0.3) is 11.8 Å². The summed E-state index contributed by atoms with van der Waals surface area (Å²) >= 11 is 0. The van der Waals surface area contributed by atoms with Crippen LogP contribution in [0.2, 0.25) is 0 Å². The molecular formula is C35H40N4O6. The molecule has 0 fully saturated rings. The molecule has 0 radical (unpaired) electrons. The number of fused-ring (bicyclic) bond motifs is 2. The lowest BCUT2D eigenvalue weighted by Gasteiger charge is -2.15. The number of carbonyl (C=O) groups excluding carboxylic acids is 4. The molecule has 4 aromatic rings.